The van der Waals surface area contributed by atoms with Crippen LogP contribution in [-0.2, 0) is 0 Å². The smallest absolute Gasteiger partial charge is 0.187 e. The number of nitrogens with one attached hydrogen (secondary N) is 1. The van der Waals surface area contributed by atoms with Crippen LogP contribution in [0.5, 0.6) is 5.75 Å². The van der Waals surface area contributed by atoms with Crippen molar-refractivity contribution in [1.29, 1.82) is 0 Å². The summed E-state index contributed by atoms with van der Waals surface area (Å²) in [4.78, 5) is 4.57. The third-order valence-electron chi connectivity index (χ3n) is 3.68. The maximum Gasteiger partial charge on any atom is 0.187 e. The number of aromatic nitrogens is 2. The Kier molecular flexibility index (Phi) is 4.18. The van der Waals surface area contributed by atoms with Gasteiger partial charge >= 0.3 is 0 Å². The van der Waals surface area contributed by atoms with E-state index in [-0.39, 0.29) is 0 Å². The second-order valence-corrected chi connectivity index (χ2v) is 6.19. The van der Waals surface area contributed by atoms with Crippen molar-refractivity contribution in [1.82, 2.24) is 10.1 Å². The standard InChI is InChI=1S/C19H15N3O2S/c1-23-15-9-7-14(8-10-15)20-19-21-17(12-25-19)18-11-16(22-24-18)13-5-3-2-4-6-13/h2-12H,1H3,(H,20,21). The molecule has 5 nitrogen and oxygen atoms in total. The molecule has 0 radical (unpaired) electrons. The third-order valence-corrected chi connectivity index (χ3v) is 4.44. The first-order valence-electron chi connectivity index (χ1n) is 7.71. The summed E-state index contributed by atoms with van der Waals surface area (Å²) in [6, 6.07) is 19.5. The maximum absolute atomic E-state index is 5.45. The predicted molar refractivity (Wildman–Crippen MR) is 99.3 cm³/mol. The molecule has 2 aromatic heterocycles. The van der Waals surface area contributed by atoms with Crippen LogP contribution in [0.4, 0.5) is 10.8 Å². The molecule has 0 aliphatic heterocycles. The van der Waals surface area contributed by atoms with Gasteiger partial charge in [-0.25, -0.2) is 4.98 Å². The molecule has 0 spiro atoms. The molecule has 1 N–H and O–H groups in total. The van der Waals surface area contributed by atoms with Gasteiger partial charge in [0.05, 0.1) is 7.11 Å². The molecule has 0 bridgehead atoms. The van der Waals surface area contributed by atoms with Crippen molar-refractivity contribution in [3.8, 4) is 28.5 Å². The van der Waals surface area contributed by atoms with E-state index in [1.54, 1.807) is 7.11 Å². The minimum Gasteiger partial charge on any atom is -0.497 e. The number of thiazole rings is 1. The zero-order valence-electron chi connectivity index (χ0n) is 13.5. The Hall–Kier alpha value is -3.12. The quantitative estimate of drug-likeness (QED) is 0.535. The van der Waals surface area contributed by atoms with Crippen molar-refractivity contribution in [2.45, 2.75) is 0 Å². The molecule has 0 aliphatic carbocycles. The molecule has 4 aromatic rings. The summed E-state index contributed by atoms with van der Waals surface area (Å²) < 4.78 is 10.6. The summed E-state index contributed by atoms with van der Waals surface area (Å²) in [5, 5.41) is 10.1. The molecule has 2 aromatic carbocycles. The molecule has 4 rings (SSSR count). The first-order valence-corrected chi connectivity index (χ1v) is 8.59. The van der Waals surface area contributed by atoms with Gasteiger partial charge in [-0.2, -0.15) is 0 Å². The number of hydrogen-bond acceptors (Lipinski definition) is 6. The number of nitrogens with zero attached hydrogens (tertiary/aromatic N) is 2. The highest BCUT2D eigenvalue weighted by Crippen LogP contribution is 2.30. The van der Waals surface area contributed by atoms with Crippen LogP contribution in [0.3, 0.4) is 0 Å². The van der Waals surface area contributed by atoms with Crippen molar-refractivity contribution in [3.05, 3.63) is 66.0 Å². The van der Waals surface area contributed by atoms with E-state index in [0.717, 1.165) is 33.5 Å². The molecule has 0 saturated heterocycles. The van der Waals surface area contributed by atoms with E-state index < -0.39 is 0 Å². The van der Waals surface area contributed by atoms with E-state index in [4.69, 9.17) is 9.26 Å². The second kappa shape index (κ2) is 6.78. The van der Waals surface area contributed by atoms with Crippen LogP contribution >= 0.6 is 11.3 Å². The summed E-state index contributed by atoms with van der Waals surface area (Å²) in [5.74, 6) is 1.47. The van der Waals surface area contributed by atoms with Crippen LogP contribution < -0.4 is 10.1 Å². The van der Waals surface area contributed by atoms with Gasteiger partial charge in [-0.3, -0.25) is 0 Å². The molecule has 25 heavy (non-hydrogen) atoms. The minimum absolute atomic E-state index is 0.651. The summed E-state index contributed by atoms with van der Waals surface area (Å²) in [5.41, 5.74) is 3.53. The molecule has 124 valence electrons. The highest BCUT2D eigenvalue weighted by molar-refractivity contribution is 7.14. The lowest BCUT2D eigenvalue weighted by Crippen LogP contribution is -1.90. The van der Waals surface area contributed by atoms with Crippen LogP contribution in [0.25, 0.3) is 22.7 Å². The normalized spacial score (nSPS) is 10.6. The van der Waals surface area contributed by atoms with Crippen molar-refractivity contribution in [2.24, 2.45) is 0 Å². The lowest BCUT2D eigenvalue weighted by atomic mass is 10.1. The average Bonchev–Trinajstić information content (AvgIpc) is 3.32. The summed E-state index contributed by atoms with van der Waals surface area (Å²) >= 11 is 1.51. The van der Waals surface area contributed by atoms with Crippen molar-refractivity contribution in [2.75, 3.05) is 12.4 Å². The van der Waals surface area contributed by atoms with E-state index >= 15 is 0 Å². The lowest BCUT2D eigenvalue weighted by Gasteiger charge is -2.03. The molecule has 0 atom stereocenters. The van der Waals surface area contributed by atoms with Gasteiger partial charge in [-0.15, -0.1) is 11.3 Å². The molecule has 0 amide bonds. The van der Waals surface area contributed by atoms with Gasteiger partial charge < -0.3 is 14.6 Å². The van der Waals surface area contributed by atoms with Crippen molar-refractivity contribution < 1.29 is 9.26 Å². The predicted octanol–water partition coefficient (Wildman–Crippen LogP) is 5.22. The highest BCUT2D eigenvalue weighted by atomic mass is 32.1. The fraction of sp³-hybridized carbons (Fsp3) is 0.0526. The van der Waals surface area contributed by atoms with E-state index in [2.05, 4.69) is 15.5 Å². The summed E-state index contributed by atoms with van der Waals surface area (Å²) in [6.45, 7) is 0. The fourth-order valence-corrected chi connectivity index (χ4v) is 3.10. The Morgan fingerprint density at radius 3 is 2.56 bits per heavy atom. The van der Waals surface area contributed by atoms with Crippen LogP contribution in [0.2, 0.25) is 0 Å². The first kappa shape index (κ1) is 15.4. The molecule has 0 unspecified atom stereocenters. The molecule has 6 heteroatoms. The second-order valence-electron chi connectivity index (χ2n) is 5.33. The minimum atomic E-state index is 0.651. The van der Waals surface area contributed by atoms with E-state index in [1.807, 2.05) is 66.0 Å². The highest BCUT2D eigenvalue weighted by Gasteiger charge is 2.12. The number of anilines is 2. The zero-order valence-corrected chi connectivity index (χ0v) is 14.3. The molecule has 0 aliphatic rings. The largest absolute Gasteiger partial charge is 0.497 e. The topological polar surface area (TPSA) is 60.2 Å². The Balaban J connectivity index is 1.52. The van der Waals surface area contributed by atoms with E-state index in [1.165, 1.54) is 11.3 Å². The van der Waals surface area contributed by atoms with Crippen LogP contribution in [0.1, 0.15) is 0 Å². The van der Waals surface area contributed by atoms with Gasteiger partial charge in [0.25, 0.3) is 0 Å². The summed E-state index contributed by atoms with van der Waals surface area (Å²) in [6.07, 6.45) is 0. The molecule has 0 saturated carbocycles. The third kappa shape index (κ3) is 3.39. The van der Waals surface area contributed by atoms with Crippen LogP contribution in [-0.4, -0.2) is 17.3 Å². The molecule has 2 heterocycles. The maximum atomic E-state index is 5.45. The Morgan fingerprint density at radius 2 is 1.80 bits per heavy atom. The van der Waals surface area contributed by atoms with Crippen molar-refractivity contribution in [3.63, 3.8) is 0 Å². The average molecular weight is 349 g/mol. The Labute approximate surface area is 148 Å². The van der Waals surface area contributed by atoms with E-state index in [0.29, 0.717) is 5.76 Å². The van der Waals surface area contributed by atoms with Gasteiger partial charge in [-0.05, 0) is 24.3 Å². The molecular weight excluding hydrogens is 334 g/mol. The van der Waals surface area contributed by atoms with Gasteiger partial charge in [0.1, 0.15) is 17.1 Å². The Bertz CT molecular complexity index is 962. The number of hydrogen-bond donors (Lipinski definition) is 1. The van der Waals surface area contributed by atoms with Gasteiger partial charge in [-0.1, -0.05) is 35.5 Å². The number of benzene rings is 2. The number of rotatable bonds is 5. The van der Waals surface area contributed by atoms with Crippen molar-refractivity contribution >= 4 is 22.2 Å². The monoisotopic (exact) mass is 349 g/mol. The van der Waals surface area contributed by atoms with Gasteiger partial charge in [0.15, 0.2) is 10.9 Å². The number of methoxy groups -OCH3 is 1. The first-order chi connectivity index (χ1) is 12.3. The van der Waals surface area contributed by atoms with Crippen LogP contribution in [0, 0.1) is 0 Å². The molecular formula is C19H15N3O2S. The molecule has 0 fully saturated rings. The zero-order chi connectivity index (χ0) is 17.1. The summed E-state index contributed by atoms with van der Waals surface area (Å²) in [7, 11) is 1.65. The van der Waals surface area contributed by atoms with E-state index in [9.17, 15) is 0 Å². The Morgan fingerprint density at radius 1 is 1.00 bits per heavy atom. The van der Waals surface area contributed by atoms with Crippen LogP contribution in [0.15, 0.2) is 70.6 Å². The SMILES string of the molecule is COc1ccc(Nc2nc(-c3cc(-c4ccccc4)no3)cs2)cc1. The fourth-order valence-electron chi connectivity index (χ4n) is 2.38. The number of ether oxygens (including phenoxy) is 1. The van der Waals surface area contributed by atoms with Gasteiger partial charge in [0.2, 0.25) is 0 Å². The lowest BCUT2D eigenvalue weighted by molar-refractivity contribution is 0.415. The van der Waals surface area contributed by atoms with Gasteiger partial charge in [0, 0.05) is 22.7 Å².